The first-order valence-corrected chi connectivity index (χ1v) is 8.68. The average Bonchev–Trinajstić information content (AvgIpc) is 3.05. The fraction of sp³-hybridized carbons (Fsp3) is 0.136. The number of benzene rings is 2. The first-order valence-electron chi connectivity index (χ1n) is 8.68. The van der Waals surface area contributed by atoms with Crippen LogP contribution < -0.4 is 5.32 Å². The molecule has 0 atom stereocenters. The number of para-hydroxylation sites is 1. The quantitative estimate of drug-likeness (QED) is 0.520. The maximum atomic E-state index is 12.7. The summed E-state index contributed by atoms with van der Waals surface area (Å²) in [5, 5.41) is 2.63. The molecule has 28 heavy (non-hydrogen) atoms. The molecule has 0 bridgehead atoms. The van der Waals surface area contributed by atoms with Gasteiger partial charge in [-0.2, -0.15) is 0 Å². The summed E-state index contributed by atoms with van der Waals surface area (Å²) >= 11 is 0. The van der Waals surface area contributed by atoms with Crippen LogP contribution in [0.3, 0.4) is 0 Å². The number of carbonyl (C=O) groups is 3. The highest BCUT2D eigenvalue weighted by molar-refractivity contribution is 6.14. The van der Waals surface area contributed by atoms with Crippen molar-refractivity contribution in [1.82, 2.24) is 0 Å². The fourth-order valence-electron chi connectivity index (χ4n) is 2.76. The Hall–Kier alpha value is -3.67. The van der Waals surface area contributed by atoms with Crippen LogP contribution in [0.2, 0.25) is 0 Å². The van der Waals surface area contributed by atoms with Crippen LogP contribution in [-0.4, -0.2) is 24.3 Å². The summed E-state index contributed by atoms with van der Waals surface area (Å²) in [6.07, 6.45) is 0. The van der Waals surface area contributed by atoms with Crippen LogP contribution in [0.5, 0.6) is 0 Å². The Balaban J connectivity index is 1.67. The van der Waals surface area contributed by atoms with E-state index in [2.05, 4.69) is 5.32 Å². The monoisotopic (exact) mass is 377 g/mol. The molecular weight excluding hydrogens is 358 g/mol. The van der Waals surface area contributed by atoms with Gasteiger partial charge in [0, 0.05) is 11.1 Å². The Kier molecular flexibility index (Phi) is 5.69. The molecule has 6 nitrogen and oxygen atoms in total. The summed E-state index contributed by atoms with van der Waals surface area (Å²) in [7, 11) is 0. The molecule has 1 aromatic heterocycles. The molecule has 0 aliphatic heterocycles. The van der Waals surface area contributed by atoms with Crippen LogP contribution in [0.25, 0.3) is 0 Å². The van der Waals surface area contributed by atoms with E-state index >= 15 is 0 Å². The van der Waals surface area contributed by atoms with Crippen molar-refractivity contribution in [2.75, 3.05) is 11.9 Å². The number of amides is 1. The third kappa shape index (κ3) is 4.35. The maximum Gasteiger partial charge on any atom is 0.342 e. The zero-order chi connectivity index (χ0) is 20.1. The zero-order valence-electron chi connectivity index (χ0n) is 15.5. The predicted molar refractivity (Wildman–Crippen MR) is 103 cm³/mol. The number of furan rings is 1. The molecule has 1 heterocycles. The van der Waals surface area contributed by atoms with E-state index in [0.717, 1.165) is 0 Å². The molecule has 3 rings (SSSR count). The van der Waals surface area contributed by atoms with E-state index < -0.39 is 18.5 Å². The van der Waals surface area contributed by atoms with Crippen LogP contribution in [0, 0.1) is 13.8 Å². The van der Waals surface area contributed by atoms with Crippen molar-refractivity contribution >= 4 is 23.3 Å². The number of carbonyl (C=O) groups excluding carboxylic acids is 3. The molecule has 142 valence electrons. The molecule has 0 fully saturated rings. The van der Waals surface area contributed by atoms with Gasteiger partial charge in [-0.3, -0.25) is 9.59 Å². The summed E-state index contributed by atoms with van der Waals surface area (Å²) in [6, 6.07) is 17.0. The highest BCUT2D eigenvalue weighted by Gasteiger charge is 2.18. The van der Waals surface area contributed by atoms with Gasteiger partial charge >= 0.3 is 5.97 Å². The molecule has 1 amide bonds. The standard InChI is InChI=1S/C22H19NO5/c1-14-12-18(15(2)28-14)22(26)27-13-20(24)23-19-11-7-6-10-17(19)21(25)16-8-4-3-5-9-16/h3-12H,13H2,1-2H3,(H,23,24). The summed E-state index contributed by atoms with van der Waals surface area (Å²) in [5.74, 6) is -0.375. The minimum Gasteiger partial charge on any atom is -0.466 e. The highest BCUT2D eigenvalue weighted by Crippen LogP contribution is 2.19. The lowest BCUT2D eigenvalue weighted by molar-refractivity contribution is -0.119. The van der Waals surface area contributed by atoms with Crippen molar-refractivity contribution in [3.63, 3.8) is 0 Å². The van der Waals surface area contributed by atoms with Crippen molar-refractivity contribution in [3.05, 3.63) is 88.9 Å². The number of anilines is 1. The second-order valence-corrected chi connectivity index (χ2v) is 6.19. The lowest BCUT2D eigenvalue weighted by Crippen LogP contribution is -2.22. The molecule has 0 saturated carbocycles. The largest absolute Gasteiger partial charge is 0.466 e. The normalized spacial score (nSPS) is 10.4. The molecule has 2 aromatic carbocycles. The van der Waals surface area contributed by atoms with Gasteiger partial charge in [0.1, 0.15) is 17.1 Å². The molecule has 0 unspecified atom stereocenters. The van der Waals surface area contributed by atoms with Gasteiger partial charge in [0.15, 0.2) is 12.4 Å². The summed E-state index contributed by atoms with van der Waals surface area (Å²) < 4.78 is 10.3. The molecular formula is C22H19NO5. The van der Waals surface area contributed by atoms with Gasteiger partial charge in [-0.15, -0.1) is 0 Å². The number of ether oxygens (including phenoxy) is 1. The molecule has 1 N–H and O–H groups in total. The van der Waals surface area contributed by atoms with Crippen molar-refractivity contribution in [1.29, 1.82) is 0 Å². The van der Waals surface area contributed by atoms with Gasteiger partial charge in [0.25, 0.3) is 5.91 Å². The minimum absolute atomic E-state index is 0.210. The zero-order valence-corrected chi connectivity index (χ0v) is 15.5. The molecule has 6 heteroatoms. The number of hydrogen-bond acceptors (Lipinski definition) is 5. The Morgan fingerprint density at radius 2 is 1.61 bits per heavy atom. The fourth-order valence-corrected chi connectivity index (χ4v) is 2.76. The predicted octanol–water partition coefficient (Wildman–Crippen LogP) is 3.92. The van der Waals surface area contributed by atoms with Gasteiger partial charge in [-0.05, 0) is 32.0 Å². The Morgan fingerprint density at radius 1 is 0.929 bits per heavy atom. The maximum absolute atomic E-state index is 12.7. The topological polar surface area (TPSA) is 85.6 Å². The van der Waals surface area contributed by atoms with E-state index in [1.807, 2.05) is 6.07 Å². The Labute approximate surface area is 162 Å². The van der Waals surface area contributed by atoms with Crippen molar-refractivity contribution in [3.8, 4) is 0 Å². The number of hydrogen-bond donors (Lipinski definition) is 1. The van der Waals surface area contributed by atoms with Crippen molar-refractivity contribution in [2.24, 2.45) is 0 Å². The lowest BCUT2D eigenvalue weighted by Gasteiger charge is -2.11. The van der Waals surface area contributed by atoms with Crippen LogP contribution in [0.1, 0.15) is 37.8 Å². The van der Waals surface area contributed by atoms with E-state index in [4.69, 9.17) is 9.15 Å². The molecule has 3 aromatic rings. The molecule has 0 radical (unpaired) electrons. The summed E-state index contributed by atoms with van der Waals surface area (Å²) in [5.41, 5.74) is 1.51. The van der Waals surface area contributed by atoms with Crippen LogP contribution >= 0.6 is 0 Å². The molecule has 0 aliphatic carbocycles. The summed E-state index contributed by atoms with van der Waals surface area (Å²) in [6.45, 7) is 2.89. The number of nitrogens with one attached hydrogen (secondary N) is 1. The van der Waals surface area contributed by atoms with Gasteiger partial charge < -0.3 is 14.5 Å². The van der Waals surface area contributed by atoms with E-state index in [0.29, 0.717) is 28.3 Å². The van der Waals surface area contributed by atoms with Gasteiger partial charge in [-0.1, -0.05) is 42.5 Å². The highest BCUT2D eigenvalue weighted by atomic mass is 16.5. The second kappa shape index (κ2) is 8.35. The van der Waals surface area contributed by atoms with Crippen LogP contribution in [0.15, 0.2) is 65.1 Å². The molecule has 0 spiro atoms. The first-order chi connectivity index (χ1) is 13.5. The Bertz CT molecular complexity index is 1020. The smallest absolute Gasteiger partial charge is 0.342 e. The van der Waals surface area contributed by atoms with Gasteiger partial charge in [-0.25, -0.2) is 4.79 Å². The molecule has 0 saturated heterocycles. The number of aryl methyl sites for hydroxylation is 2. The number of rotatable bonds is 6. The third-order valence-corrected chi connectivity index (χ3v) is 4.08. The van der Waals surface area contributed by atoms with E-state index in [-0.39, 0.29) is 11.3 Å². The number of ketones is 1. The summed E-state index contributed by atoms with van der Waals surface area (Å²) in [4.78, 5) is 37.0. The second-order valence-electron chi connectivity index (χ2n) is 6.19. The lowest BCUT2D eigenvalue weighted by atomic mass is 10.0. The first kappa shape index (κ1) is 19.1. The van der Waals surface area contributed by atoms with Crippen LogP contribution in [-0.2, 0) is 9.53 Å². The van der Waals surface area contributed by atoms with E-state index in [1.54, 1.807) is 68.4 Å². The third-order valence-electron chi connectivity index (χ3n) is 4.08. The van der Waals surface area contributed by atoms with Gasteiger partial charge in [0.2, 0.25) is 0 Å². The van der Waals surface area contributed by atoms with Gasteiger partial charge in [0.05, 0.1) is 5.69 Å². The minimum atomic E-state index is -0.641. The number of esters is 1. The van der Waals surface area contributed by atoms with Crippen molar-refractivity contribution < 1.29 is 23.5 Å². The SMILES string of the molecule is Cc1cc(C(=O)OCC(=O)Nc2ccccc2C(=O)c2ccccc2)c(C)o1. The molecule has 0 aliphatic rings. The van der Waals surface area contributed by atoms with Crippen LogP contribution in [0.4, 0.5) is 5.69 Å². The van der Waals surface area contributed by atoms with Crippen molar-refractivity contribution in [2.45, 2.75) is 13.8 Å². The Morgan fingerprint density at radius 3 is 2.29 bits per heavy atom. The van der Waals surface area contributed by atoms with E-state index in [9.17, 15) is 14.4 Å². The van der Waals surface area contributed by atoms with E-state index in [1.165, 1.54) is 0 Å². The average molecular weight is 377 g/mol.